The fourth-order valence-corrected chi connectivity index (χ4v) is 1.94. The van der Waals surface area contributed by atoms with E-state index in [9.17, 15) is 18.4 Å². The molecule has 0 fully saturated rings. The number of benzene rings is 2. The van der Waals surface area contributed by atoms with Gasteiger partial charge in [-0.3, -0.25) is 9.59 Å². The van der Waals surface area contributed by atoms with E-state index in [4.69, 9.17) is 0 Å². The predicted octanol–water partition coefficient (Wildman–Crippen LogP) is 1.94. The van der Waals surface area contributed by atoms with Crippen LogP contribution in [0.1, 0.15) is 11.1 Å². The molecule has 0 spiro atoms. The average molecular weight is 318 g/mol. The minimum atomic E-state index is -0.410. The lowest BCUT2D eigenvalue weighted by atomic mass is 10.1. The summed E-state index contributed by atoms with van der Waals surface area (Å²) in [5, 5.41) is 5.07. The summed E-state index contributed by atoms with van der Waals surface area (Å²) in [5.41, 5.74) is 1.29. The summed E-state index contributed by atoms with van der Waals surface area (Å²) in [6.45, 7) is 0.0776. The van der Waals surface area contributed by atoms with Crippen LogP contribution in [-0.2, 0) is 22.6 Å². The number of hydrogen-bond acceptors (Lipinski definition) is 2. The maximum Gasteiger partial charge on any atom is 0.239 e. The Bertz CT molecular complexity index is 687. The molecule has 23 heavy (non-hydrogen) atoms. The number of amides is 2. The van der Waals surface area contributed by atoms with Crippen LogP contribution in [0, 0.1) is 11.6 Å². The third kappa shape index (κ3) is 5.86. The molecule has 0 saturated heterocycles. The van der Waals surface area contributed by atoms with Crippen molar-refractivity contribution in [1.29, 1.82) is 0 Å². The molecule has 0 heterocycles. The Morgan fingerprint density at radius 1 is 0.826 bits per heavy atom. The summed E-state index contributed by atoms with van der Waals surface area (Å²) in [6.07, 6.45) is 0.00298. The average Bonchev–Trinajstić information content (AvgIpc) is 2.52. The van der Waals surface area contributed by atoms with Crippen LogP contribution in [-0.4, -0.2) is 18.4 Å². The van der Waals surface area contributed by atoms with Crippen molar-refractivity contribution in [3.63, 3.8) is 0 Å². The number of carbonyl (C=O) groups is 2. The largest absolute Gasteiger partial charge is 0.350 e. The second-order valence-electron chi connectivity index (χ2n) is 4.99. The smallest absolute Gasteiger partial charge is 0.239 e. The SMILES string of the molecule is O=C(CNC(=O)Cc1cccc(F)c1)NCc1ccc(F)cc1. The molecule has 0 saturated carbocycles. The van der Waals surface area contributed by atoms with Crippen LogP contribution in [0.3, 0.4) is 0 Å². The Hall–Kier alpha value is -2.76. The van der Waals surface area contributed by atoms with Gasteiger partial charge in [-0.15, -0.1) is 0 Å². The summed E-state index contributed by atoms with van der Waals surface area (Å²) in [7, 11) is 0. The third-order valence-electron chi connectivity index (χ3n) is 3.10. The molecule has 0 aliphatic rings. The predicted molar refractivity (Wildman–Crippen MR) is 81.4 cm³/mol. The Kier molecular flexibility index (Phi) is 5.80. The number of halogens is 2. The Morgan fingerprint density at radius 3 is 2.26 bits per heavy atom. The van der Waals surface area contributed by atoms with Crippen molar-refractivity contribution in [3.05, 3.63) is 71.3 Å². The van der Waals surface area contributed by atoms with Crippen molar-refractivity contribution in [2.75, 3.05) is 6.54 Å². The van der Waals surface area contributed by atoms with Crippen molar-refractivity contribution in [1.82, 2.24) is 10.6 Å². The van der Waals surface area contributed by atoms with E-state index in [1.165, 1.54) is 30.3 Å². The van der Waals surface area contributed by atoms with Gasteiger partial charge < -0.3 is 10.6 Å². The topological polar surface area (TPSA) is 58.2 Å². The molecule has 0 unspecified atom stereocenters. The van der Waals surface area contributed by atoms with E-state index < -0.39 is 5.82 Å². The number of nitrogens with one attached hydrogen (secondary N) is 2. The van der Waals surface area contributed by atoms with Gasteiger partial charge in [-0.2, -0.15) is 0 Å². The van der Waals surface area contributed by atoms with Gasteiger partial charge in [0.15, 0.2) is 0 Å². The molecule has 4 nitrogen and oxygen atoms in total. The fourth-order valence-electron chi connectivity index (χ4n) is 1.94. The second kappa shape index (κ2) is 8.03. The molecule has 2 aromatic carbocycles. The molecule has 2 rings (SSSR count). The number of hydrogen-bond donors (Lipinski definition) is 2. The van der Waals surface area contributed by atoms with Gasteiger partial charge in [-0.25, -0.2) is 8.78 Å². The summed E-state index contributed by atoms with van der Waals surface area (Å²) in [5.74, 6) is -1.48. The molecule has 120 valence electrons. The fraction of sp³-hybridized carbons (Fsp3) is 0.176. The van der Waals surface area contributed by atoms with Crippen LogP contribution in [0.4, 0.5) is 8.78 Å². The van der Waals surface area contributed by atoms with E-state index in [-0.39, 0.29) is 37.1 Å². The molecule has 0 radical (unpaired) electrons. The molecule has 2 aromatic rings. The van der Waals surface area contributed by atoms with Crippen molar-refractivity contribution >= 4 is 11.8 Å². The first-order valence-electron chi connectivity index (χ1n) is 7.05. The first-order valence-corrected chi connectivity index (χ1v) is 7.05. The van der Waals surface area contributed by atoms with Crippen molar-refractivity contribution in [3.8, 4) is 0 Å². The zero-order valence-corrected chi connectivity index (χ0v) is 12.3. The van der Waals surface area contributed by atoms with E-state index in [2.05, 4.69) is 10.6 Å². The van der Waals surface area contributed by atoms with Crippen LogP contribution in [0.2, 0.25) is 0 Å². The van der Waals surface area contributed by atoms with Gasteiger partial charge in [0, 0.05) is 6.54 Å². The first kappa shape index (κ1) is 16.6. The second-order valence-corrected chi connectivity index (χ2v) is 4.99. The Balaban J connectivity index is 1.71. The van der Waals surface area contributed by atoms with Gasteiger partial charge in [0.05, 0.1) is 13.0 Å². The van der Waals surface area contributed by atoms with Crippen LogP contribution >= 0.6 is 0 Å². The molecular weight excluding hydrogens is 302 g/mol. The van der Waals surface area contributed by atoms with Crippen molar-refractivity contribution in [2.45, 2.75) is 13.0 Å². The lowest BCUT2D eigenvalue weighted by Crippen LogP contribution is -2.37. The number of rotatable bonds is 6. The molecule has 0 bridgehead atoms. The highest BCUT2D eigenvalue weighted by molar-refractivity contribution is 5.85. The van der Waals surface area contributed by atoms with Crippen molar-refractivity contribution in [2.24, 2.45) is 0 Å². The zero-order chi connectivity index (χ0) is 16.7. The van der Waals surface area contributed by atoms with Crippen molar-refractivity contribution < 1.29 is 18.4 Å². The van der Waals surface area contributed by atoms with Gasteiger partial charge in [-0.05, 0) is 35.4 Å². The minimum Gasteiger partial charge on any atom is -0.350 e. The minimum absolute atomic E-state index is 0.00298. The molecule has 0 aliphatic heterocycles. The highest BCUT2D eigenvalue weighted by atomic mass is 19.1. The summed E-state index contributed by atoms with van der Waals surface area (Å²) >= 11 is 0. The summed E-state index contributed by atoms with van der Waals surface area (Å²) in [4.78, 5) is 23.3. The number of carbonyl (C=O) groups excluding carboxylic acids is 2. The van der Waals surface area contributed by atoms with E-state index in [0.29, 0.717) is 5.56 Å². The quantitative estimate of drug-likeness (QED) is 0.855. The zero-order valence-electron chi connectivity index (χ0n) is 12.3. The van der Waals surface area contributed by atoms with Gasteiger partial charge in [0.1, 0.15) is 11.6 Å². The van der Waals surface area contributed by atoms with Gasteiger partial charge in [0.2, 0.25) is 11.8 Å². The molecule has 0 aromatic heterocycles. The Labute approximate surface area is 132 Å². The molecular formula is C17H16F2N2O2. The van der Waals surface area contributed by atoms with Crippen LogP contribution in [0.25, 0.3) is 0 Å². The van der Waals surface area contributed by atoms with Gasteiger partial charge in [0.25, 0.3) is 0 Å². The van der Waals surface area contributed by atoms with Crippen LogP contribution in [0.5, 0.6) is 0 Å². The molecule has 6 heteroatoms. The van der Waals surface area contributed by atoms with Crippen LogP contribution in [0.15, 0.2) is 48.5 Å². The van der Waals surface area contributed by atoms with Crippen LogP contribution < -0.4 is 10.6 Å². The lowest BCUT2D eigenvalue weighted by molar-refractivity contribution is -0.125. The van der Waals surface area contributed by atoms with E-state index in [1.807, 2.05) is 0 Å². The van der Waals surface area contributed by atoms with Gasteiger partial charge in [-0.1, -0.05) is 24.3 Å². The van der Waals surface area contributed by atoms with E-state index in [0.717, 1.165) is 5.56 Å². The lowest BCUT2D eigenvalue weighted by Gasteiger charge is -2.07. The maximum atomic E-state index is 13.0. The van der Waals surface area contributed by atoms with Gasteiger partial charge >= 0.3 is 0 Å². The standard InChI is InChI=1S/C17H16F2N2O2/c18-14-6-4-12(5-7-14)10-20-17(23)11-21-16(22)9-13-2-1-3-15(19)8-13/h1-8H,9-11H2,(H,20,23)(H,21,22). The van der Waals surface area contributed by atoms with E-state index in [1.54, 1.807) is 18.2 Å². The monoisotopic (exact) mass is 318 g/mol. The maximum absolute atomic E-state index is 13.0. The third-order valence-corrected chi connectivity index (χ3v) is 3.10. The molecule has 2 amide bonds. The highest BCUT2D eigenvalue weighted by Gasteiger charge is 2.07. The summed E-state index contributed by atoms with van der Waals surface area (Å²) < 4.78 is 25.7. The molecule has 0 atom stereocenters. The normalized spacial score (nSPS) is 10.2. The van der Waals surface area contributed by atoms with E-state index >= 15 is 0 Å². The molecule has 2 N–H and O–H groups in total. The summed E-state index contributed by atoms with van der Waals surface area (Å²) in [6, 6.07) is 11.5. The highest BCUT2D eigenvalue weighted by Crippen LogP contribution is 2.04. The first-order chi connectivity index (χ1) is 11.0. The Morgan fingerprint density at radius 2 is 1.57 bits per heavy atom. The molecule has 0 aliphatic carbocycles.